The van der Waals surface area contributed by atoms with Crippen molar-refractivity contribution in [3.63, 3.8) is 0 Å². The first-order chi connectivity index (χ1) is 11.3. The molecule has 0 N–H and O–H groups in total. The van der Waals surface area contributed by atoms with Gasteiger partial charge in [-0.05, 0) is 53.2 Å². The summed E-state index contributed by atoms with van der Waals surface area (Å²) in [5, 5.41) is 4.74. The number of benzene rings is 2. The number of fused-ring (bicyclic) bond motifs is 1. The number of halogens is 3. The van der Waals surface area contributed by atoms with E-state index in [0.717, 1.165) is 10.2 Å². The van der Waals surface area contributed by atoms with Crippen molar-refractivity contribution in [3.8, 4) is 11.5 Å². The van der Waals surface area contributed by atoms with Gasteiger partial charge < -0.3 is 4.74 Å². The average Bonchev–Trinajstić information content (AvgIpc) is 2.93. The van der Waals surface area contributed by atoms with Crippen molar-refractivity contribution in [2.75, 3.05) is 5.75 Å². The van der Waals surface area contributed by atoms with Crippen molar-refractivity contribution in [1.82, 2.24) is 9.19 Å². The second-order valence-corrected chi connectivity index (χ2v) is 8.28. The third-order valence-electron chi connectivity index (χ3n) is 3.33. The van der Waals surface area contributed by atoms with E-state index in [1.165, 1.54) is 18.3 Å². The third kappa shape index (κ3) is 3.13. The van der Waals surface area contributed by atoms with E-state index in [1.54, 1.807) is 19.1 Å². The number of ether oxygens (including phenoxy) is 1. The normalized spacial score (nSPS) is 11.8. The van der Waals surface area contributed by atoms with Crippen molar-refractivity contribution in [2.24, 2.45) is 0 Å². The third-order valence-corrected chi connectivity index (χ3v) is 5.73. The first kappa shape index (κ1) is 17.2. The van der Waals surface area contributed by atoms with Crippen LogP contribution in [0.4, 0.5) is 4.39 Å². The Kier molecular flexibility index (Phi) is 4.54. The SMILES string of the molecule is CCS(=O)(=O)n1ncc2cc(Oc3ccc(Cl)cc3F)c(Br)cc21. The lowest BCUT2D eigenvalue weighted by atomic mass is 10.2. The van der Waals surface area contributed by atoms with Crippen LogP contribution in [0.1, 0.15) is 6.92 Å². The van der Waals surface area contributed by atoms with E-state index in [-0.39, 0.29) is 16.5 Å². The molecular formula is C15H11BrClFN2O3S. The lowest BCUT2D eigenvalue weighted by molar-refractivity contribution is 0.440. The van der Waals surface area contributed by atoms with Crippen LogP contribution in [0.15, 0.2) is 41.0 Å². The summed E-state index contributed by atoms with van der Waals surface area (Å²) in [5.41, 5.74) is 0.410. The smallest absolute Gasteiger partial charge is 0.254 e. The quantitative estimate of drug-likeness (QED) is 0.604. The van der Waals surface area contributed by atoms with E-state index in [9.17, 15) is 12.8 Å². The Bertz CT molecular complexity index is 1040. The monoisotopic (exact) mass is 432 g/mol. The lowest BCUT2D eigenvalue weighted by Crippen LogP contribution is -2.15. The molecule has 0 bridgehead atoms. The number of hydrogen-bond acceptors (Lipinski definition) is 4. The van der Waals surface area contributed by atoms with E-state index < -0.39 is 15.8 Å². The first-order valence-electron chi connectivity index (χ1n) is 6.85. The Hall–Kier alpha value is -1.64. The number of hydrogen-bond donors (Lipinski definition) is 0. The molecular weight excluding hydrogens is 423 g/mol. The minimum absolute atomic E-state index is 0.00743. The lowest BCUT2D eigenvalue weighted by Gasteiger charge is -2.10. The Labute approximate surface area is 151 Å². The van der Waals surface area contributed by atoms with Crippen LogP contribution < -0.4 is 4.74 Å². The van der Waals surface area contributed by atoms with Gasteiger partial charge in [-0.3, -0.25) is 0 Å². The molecule has 0 aliphatic rings. The number of rotatable bonds is 4. The van der Waals surface area contributed by atoms with Crippen LogP contribution in [-0.4, -0.2) is 23.4 Å². The summed E-state index contributed by atoms with van der Waals surface area (Å²) in [7, 11) is -3.51. The van der Waals surface area contributed by atoms with Gasteiger partial charge in [0.05, 0.1) is 21.9 Å². The topological polar surface area (TPSA) is 61.2 Å². The Balaban J connectivity index is 2.06. The molecule has 0 saturated heterocycles. The minimum Gasteiger partial charge on any atom is -0.453 e. The Morgan fingerprint density at radius 3 is 2.71 bits per heavy atom. The zero-order valence-corrected chi connectivity index (χ0v) is 15.5. The van der Waals surface area contributed by atoms with Crippen molar-refractivity contribution < 1.29 is 17.5 Å². The molecule has 0 fully saturated rings. The first-order valence-corrected chi connectivity index (χ1v) is 9.63. The molecule has 0 amide bonds. The molecule has 9 heteroatoms. The van der Waals surface area contributed by atoms with Gasteiger partial charge in [0, 0.05) is 10.4 Å². The van der Waals surface area contributed by atoms with Crippen LogP contribution in [0.3, 0.4) is 0 Å². The van der Waals surface area contributed by atoms with Gasteiger partial charge in [-0.15, -0.1) is 0 Å². The van der Waals surface area contributed by atoms with Crippen LogP contribution >= 0.6 is 27.5 Å². The molecule has 3 rings (SSSR count). The molecule has 1 heterocycles. The maximum absolute atomic E-state index is 13.9. The van der Waals surface area contributed by atoms with E-state index >= 15 is 0 Å². The predicted molar refractivity (Wildman–Crippen MR) is 93.8 cm³/mol. The molecule has 1 aromatic heterocycles. The van der Waals surface area contributed by atoms with Crippen LogP contribution in [0.25, 0.3) is 10.9 Å². The molecule has 0 aliphatic carbocycles. The van der Waals surface area contributed by atoms with E-state index in [2.05, 4.69) is 21.0 Å². The summed E-state index contributed by atoms with van der Waals surface area (Å²) in [6, 6.07) is 7.23. The molecule has 0 atom stereocenters. The molecule has 126 valence electrons. The van der Waals surface area contributed by atoms with Gasteiger partial charge in [-0.25, -0.2) is 12.8 Å². The molecule has 2 aromatic carbocycles. The van der Waals surface area contributed by atoms with Gasteiger partial charge in [0.25, 0.3) is 10.0 Å². The molecule has 0 saturated carbocycles. The van der Waals surface area contributed by atoms with Gasteiger partial charge in [-0.2, -0.15) is 9.19 Å². The minimum atomic E-state index is -3.51. The summed E-state index contributed by atoms with van der Waals surface area (Å²) in [4.78, 5) is 0. The van der Waals surface area contributed by atoms with Crippen LogP contribution in [0.5, 0.6) is 11.5 Å². The van der Waals surface area contributed by atoms with Gasteiger partial charge in [-0.1, -0.05) is 11.6 Å². The molecule has 0 unspecified atom stereocenters. The van der Waals surface area contributed by atoms with Crippen LogP contribution in [0.2, 0.25) is 5.02 Å². The van der Waals surface area contributed by atoms with E-state index in [0.29, 0.717) is 21.1 Å². The highest BCUT2D eigenvalue weighted by molar-refractivity contribution is 9.10. The molecule has 5 nitrogen and oxygen atoms in total. The van der Waals surface area contributed by atoms with Crippen LogP contribution in [0, 0.1) is 5.82 Å². The summed E-state index contributed by atoms with van der Waals surface area (Å²) in [6.07, 6.45) is 1.42. The predicted octanol–water partition coefficient (Wildman–Crippen LogP) is 4.58. The molecule has 0 radical (unpaired) electrons. The fourth-order valence-corrected chi connectivity index (χ4v) is 3.57. The summed E-state index contributed by atoms with van der Waals surface area (Å²) in [6.45, 7) is 1.54. The van der Waals surface area contributed by atoms with Crippen molar-refractivity contribution >= 4 is 48.5 Å². The van der Waals surface area contributed by atoms with E-state index in [4.69, 9.17) is 16.3 Å². The number of nitrogens with zero attached hydrogens (tertiary/aromatic N) is 2. The average molecular weight is 434 g/mol. The molecule has 0 aliphatic heterocycles. The van der Waals surface area contributed by atoms with E-state index in [1.807, 2.05) is 0 Å². The van der Waals surface area contributed by atoms with Gasteiger partial charge in [0.15, 0.2) is 11.6 Å². The Morgan fingerprint density at radius 2 is 2.04 bits per heavy atom. The maximum Gasteiger partial charge on any atom is 0.254 e. The van der Waals surface area contributed by atoms with Crippen molar-refractivity contribution in [2.45, 2.75) is 6.92 Å². The second-order valence-electron chi connectivity index (χ2n) is 4.91. The highest BCUT2D eigenvalue weighted by Crippen LogP contribution is 2.35. The summed E-state index contributed by atoms with van der Waals surface area (Å²) < 4.78 is 44.9. The van der Waals surface area contributed by atoms with Gasteiger partial charge in [0.2, 0.25) is 0 Å². The maximum atomic E-state index is 13.9. The summed E-state index contributed by atoms with van der Waals surface area (Å²) >= 11 is 9.03. The second kappa shape index (κ2) is 6.34. The fraction of sp³-hybridized carbons (Fsp3) is 0.133. The highest BCUT2D eigenvalue weighted by atomic mass is 79.9. The van der Waals surface area contributed by atoms with Crippen molar-refractivity contribution in [3.05, 3.63) is 51.8 Å². The highest BCUT2D eigenvalue weighted by Gasteiger charge is 2.17. The zero-order valence-electron chi connectivity index (χ0n) is 12.3. The Morgan fingerprint density at radius 1 is 1.29 bits per heavy atom. The number of aromatic nitrogens is 2. The molecule has 24 heavy (non-hydrogen) atoms. The van der Waals surface area contributed by atoms with Gasteiger partial charge >= 0.3 is 0 Å². The van der Waals surface area contributed by atoms with Crippen LogP contribution in [-0.2, 0) is 10.0 Å². The summed E-state index contributed by atoms with van der Waals surface area (Å²) in [5.74, 6) is -0.334. The largest absolute Gasteiger partial charge is 0.453 e. The molecule has 0 spiro atoms. The zero-order chi connectivity index (χ0) is 17.5. The van der Waals surface area contributed by atoms with Gasteiger partial charge in [0.1, 0.15) is 5.75 Å². The van der Waals surface area contributed by atoms with Crippen molar-refractivity contribution in [1.29, 1.82) is 0 Å². The molecule has 3 aromatic rings. The fourth-order valence-electron chi connectivity index (χ4n) is 2.10. The standard InChI is InChI=1S/C15H11BrClFN2O3S/c1-2-24(21,22)20-13-7-11(16)15(5-9(13)8-19-20)23-14-4-3-10(17)6-12(14)18/h3-8H,2H2,1H3.